The molecule has 0 fully saturated rings. The number of ether oxygens (including phenoxy) is 1. The van der Waals surface area contributed by atoms with Gasteiger partial charge in [0.25, 0.3) is 16.6 Å². The van der Waals surface area contributed by atoms with Gasteiger partial charge in [0, 0.05) is 33.4 Å². The third kappa shape index (κ3) is 9.47. The summed E-state index contributed by atoms with van der Waals surface area (Å²) in [6, 6.07) is 42.6. The van der Waals surface area contributed by atoms with Crippen molar-refractivity contribution in [2.75, 3.05) is 33.4 Å². The first kappa shape index (κ1) is 40.2. The van der Waals surface area contributed by atoms with Crippen LogP contribution in [0.25, 0.3) is 0 Å². The third-order valence-electron chi connectivity index (χ3n) is 9.42. The summed E-state index contributed by atoms with van der Waals surface area (Å²) in [7, 11) is -3.48. The highest BCUT2D eigenvalue weighted by Gasteiger charge is 2.51. The Morgan fingerprint density at radius 1 is 0.529 bits per heavy atom. The van der Waals surface area contributed by atoms with E-state index in [1.807, 2.05) is 32.8 Å². The smallest absolute Gasteiger partial charge is 0.424 e. The highest BCUT2D eigenvalue weighted by Crippen LogP contribution is 2.38. The Bertz CT molecular complexity index is 1560. The minimum atomic E-state index is -2.73. The van der Waals surface area contributed by atoms with E-state index >= 15 is 0 Å². The van der Waals surface area contributed by atoms with Crippen LogP contribution >= 0.6 is 0 Å². The fraction of sp³-hybridized carbons (Fsp3) is 0.419. The molecule has 4 rings (SSSR count). The molecule has 1 amide bonds. The summed E-state index contributed by atoms with van der Waals surface area (Å²) in [6.07, 6.45) is 0.268. The summed E-state index contributed by atoms with van der Waals surface area (Å²) in [4.78, 5) is 13.8. The molecular weight excluding hydrogens is 665 g/mol. The standard InChI is InChI=1S/C43H60N2O4Si2/c1-41(2,3)49-40(46)45(32-23-34-47-50(42(4,5)6,36-24-15-11-16-25-36)37-26-17-12-18-27-37)44(10)33-35-48-51(43(7,8)9,38-28-19-13-20-29-38)39-30-21-14-22-31-39/h11-22,24-31H,23,32-35H2,1-10H3. The van der Waals surface area contributed by atoms with Gasteiger partial charge in [0.15, 0.2) is 0 Å². The molecule has 0 N–H and O–H groups in total. The van der Waals surface area contributed by atoms with Crippen LogP contribution in [0.1, 0.15) is 68.7 Å². The van der Waals surface area contributed by atoms with Crippen molar-refractivity contribution < 1.29 is 18.4 Å². The summed E-state index contributed by atoms with van der Waals surface area (Å²) in [5, 5.41) is 8.35. The van der Waals surface area contributed by atoms with Crippen molar-refractivity contribution in [3.63, 3.8) is 0 Å². The van der Waals surface area contributed by atoms with E-state index in [-0.39, 0.29) is 16.2 Å². The van der Waals surface area contributed by atoms with Crippen LogP contribution in [0.15, 0.2) is 121 Å². The van der Waals surface area contributed by atoms with Crippen LogP contribution in [0.5, 0.6) is 0 Å². The summed E-state index contributed by atoms with van der Waals surface area (Å²) in [5.41, 5.74) is -0.632. The van der Waals surface area contributed by atoms with Gasteiger partial charge in [0.1, 0.15) is 5.60 Å². The van der Waals surface area contributed by atoms with Crippen molar-refractivity contribution >= 4 is 43.5 Å². The number of nitrogens with zero attached hydrogens (tertiary/aromatic N) is 2. The average Bonchev–Trinajstić information content (AvgIpc) is 3.08. The van der Waals surface area contributed by atoms with Crippen LogP contribution in [0.3, 0.4) is 0 Å². The summed E-state index contributed by atoms with van der Waals surface area (Å²) >= 11 is 0. The number of amides is 1. The zero-order chi connectivity index (χ0) is 37.3. The Balaban J connectivity index is 1.56. The Hall–Kier alpha value is -3.54. The fourth-order valence-corrected chi connectivity index (χ4v) is 16.3. The van der Waals surface area contributed by atoms with Gasteiger partial charge in [0.05, 0.1) is 0 Å². The van der Waals surface area contributed by atoms with Gasteiger partial charge < -0.3 is 13.6 Å². The maximum Gasteiger partial charge on any atom is 0.424 e. The average molecular weight is 725 g/mol. The van der Waals surface area contributed by atoms with Crippen LogP contribution in [0.4, 0.5) is 4.79 Å². The summed E-state index contributed by atoms with van der Waals surface area (Å²) in [6.45, 7) is 21.3. The Kier molecular flexibility index (Phi) is 13.3. The first-order chi connectivity index (χ1) is 24.0. The molecule has 0 saturated carbocycles. The number of carbonyl (C=O) groups excluding carboxylic acids is 1. The zero-order valence-electron chi connectivity index (χ0n) is 32.6. The molecular formula is C43H60N2O4Si2. The number of carbonyl (C=O) groups is 1. The molecule has 4 aromatic carbocycles. The first-order valence-corrected chi connectivity index (χ1v) is 22.1. The molecule has 6 nitrogen and oxygen atoms in total. The molecule has 8 heteroatoms. The van der Waals surface area contributed by atoms with E-state index in [2.05, 4.69) is 163 Å². The molecule has 0 atom stereocenters. The van der Waals surface area contributed by atoms with Gasteiger partial charge in [0.2, 0.25) is 0 Å². The lowest BCUT2D eigenvalue weighted by atomic mass is 10.2. The third-order valence-corrected chi connectivity index (χ3v) is 19.5. The first-order valence-electron chi connectivity index (χ1n) is 18.2. The predicted octanol–water partition coefficient (Wildman–Crippen LogP) is 7.61. The quantitative estimate of drug-likeness (QED) is 0.0762. The normalized spacial score (nSPS) is 12.9. The van der Waals surface area contributed by atoms with Gasteiger partial charge in [-0.25, -0.2) is 14.8 Å². The minimum Gasteiger partial charge on any atom is -0.443 e. The van der Waals surface area contributed by atoms with Crippen molar-refractivity contribution in [3.8, 4) is 0 Å². The molecule has 0 heterocycles. The second-order valence-corrected chi connectivity index (χ2v) is 25.0. The van der Waals surface area contributed by atoms with Gasteiger partial charge in [-0.3, -0.25) is 0 Å². The SMILES string of the molecule is CN(CCO[Si](c1ccccc1)(c1ccccc1)C(C)(C)C)N(CCCO[Si](c1ccccc1)(c1ccccc1)C(C)(C)C)C(=O)OC(C)(C)C. The van der Waals surface area contributed by atoms with Gasteiger partial charge >= 0.3 is 6.09 Å². The zero-order valence-corrected chi connectivity index (χ0v) is 34.6. The predicted molar refractivity (Wildman–Crippen MR) is 217 cm³/mol. The number of rotatable bonds is 14. The Morgan fingerprint density at radius 3 is 1.18 bits per heavy atom. The van der Waals surface area contributed by atoms with Crippen molar-refractivity contribution in [1.29, 1.82) is 0 Å². The molecule has 51 heavy (non-hydrogen) atoms. The number of hydrazine groups is 1. The molecule has 0 unspecified atom stereocenters. The molecule has 0 aromatic heterocycles. The molecule has 0 radical (unpaired) electrons. The van der Waals surface area contributed by atoms with Crippen molar-refractivity contribution in [3.05, 3.63) is 121 Å². The van der Waals surface area contributed by atoms with Crippen molar-refractivity contribution in [2.24, 2.45) is 0 Å². The van der Waals surface area contributed by atoms with Crippen LogP contribution in [-0.2, 0) is 13.6 Å². The number of likely N-dealkylation sites (N-methyl/N-ethyl adjacent to an activating group) is 1. The van der Waals surface area contributed by atoms with Gasteiger partial charge in [-0.1, -0.05) is 163 Å². The van der Waals surface area contributed by atoms with E-state index in [0.717, 1.165) is 0 Å². The lowest BCUT2D eigenvalue weighted by Gasteiger charge is -2.44. The van der Waals surface area contributed by atoms with E-state index in [0.29, 0.717) is 32.7 Å². The van der Waals surface area contributed by atoms with Crippen LogP contribution < -0.4 is 20.7 Å². The summed E-state index contributed by atoms with van der Waals surface area (Å²) < 4.78 is 20.3. The topological polar surface area (TPSA) is 51.2 Å². The highest BCUT2D eigenvalue weighted by molar-refractivity contribution is 7.00. The highest BCUT2D eigenvalue weighted by atomic mass is 28.4. The molecule has 4 aromatic rings. The van der Waals surface area contributed by atoms with E-state index < -0.39 is 22.2 Å². The van der Waals surface area contributed by atoms with E-state index in [1.54, 1.807) is 5.01 Å². The van der Waals surface area contributed by atoms with E-state index in [9.17, 15) is 4.79 Å². The Labute approximate surface area is 310 Å². The molecule has 274 valence electrons. The largest absolute Gasteiger partial charge is 0.443 e. The number of benzene rings is 4. The van der Waals surface area contributed by atoms with Crippen LogP contribution in [-0.4, -0.2) is 71.7 Å². The Morgan fingerprint density at radius 2 is 0.863 bits per heavy atom. The van der Waals surface area contributed by atoms with Gasteiger partial charge in [-0.05, 0) is 58.0 Å². The van der Waals surface area contributed by atoms with Crippen molar-refractivity contribution in [2.45, 2.75) is 84.4 Å². The fourth-order valence-electron chi connectivity index (χ4n) is 7.13. The molecule has 0 aliphatic heterocycles. The second-order valence-electron chi connectivity index (χ2n) is 16.4. The monoisotopic (exact) mass is 724 g/mol. The summed E-state index contributed by atoms with van der Waals surface area (Å²) in [5.74, 6) is 0. The van der Waals surface area contributed by atoms with Crippen LogP contribution in [0, 0.1) is 0 Å². The minimum absolute atomic E-state index is 0.129. The van der Waals surface area contributed by atoms with Gasteiger partial charge in [-0.2, -0.15) is 0 Å². The van der Waals surface area contributed by atoms with E-state index in [1.165, 1.54) is 20.7 Å². The molecule has 0 aliphatic carbocycles. The van der Waals surface area contributed by atoms with Crippen molar-refractivity contribution in [1.82, 2.24) is 10.0 Å². The second kappa shape index (κ2) is 16.9. The van der Waals surface area contributed by atoms with Crippen LogP contribution in [0.2, 0.25) is 10.1 Å². The molecule has 0 bridgehead atoms. The maximum absolute atomic E-state index is 13.8. The number of hydrogen-bond acceptors (Lipinski definition) is 5. The number of hydrogen-bond donors (Lipinski definition) is 0. The lowest BCUT2D eigenvalue weighted by Crippen LogP contribution is -2.67. The molecule has 0 saturated heterocycles. The molecule has 0 aliphatic rings. The molecule has 0 spiro atoms. The van der Waals surface area contributed by atoms with E-state index in [4.69, 9.17) is 13.6 Å². The van der Waals surface area contributed by atoms with Gasteiger partial charge in [-0.15, -0.1) is 0 Å². The lowest BCUT2D eigenvalue weighted by molar-refractivity contribution is -0.0443. The maximum atomic E-state index is 13.8.